The average Bonchev–Trinajstić information content (AvgIpc) is 2.39. The topological polar surface area (TPSA) is 56.1 Å². The van der Waals surface area contributed by atoms with Crippen LogP contribution in [0.15, 0.2) is 15.5 Å². The van der Waals surface area contributed by atoms with E-state index >= 15 is 0 Å². The smallest absolute Gasteiger partial charge is 0.291 e. The maximum absolute atomic E-state index is 12.6. The first kappa shape index (κ1) is 16.5. The minimum Gasteiger partial charge on any atom is -0.383 e. The summed E-state index contributed by atoms with van der Waals surface area (Å²) in [5.41, 5.74) is 0.526. The van der Waals surface area contributed by atoms with Crippen molar-refractivity contribution in [1.82, 2.24) is 9.78 Å². The Hall–Kier alpha value is -0.880. The molecule has 1 heterocycles. The molecule has 1 saturated carbocycles. The monoisotopic (exact) mass is 357 g/mol. The molecule has 0 radical (unpaired) electrons. The van der Waals surface area contributed by atoms with Gasteiger partial charge in [-0.05, 0) is 40.6 Å². The van der Waals surface area contributed by atoms with E-state index in [1.807, 2.05) is 0 Å². The first-order valence-electron chi connectivity index (χ1n) is 7.54. The molecular weight excluding hydrogens is 334 g/mol. The zero-order valence-electron chi connectivity index (χ0n) is 12.9. The molecule has 0 amide bonds. The van der Waals surface area contributed by atoms with E-state index in [9.17, 15) is 4.79 Å². The van der Waals surface area contributed by atoms with Crippen LogP contribution < -0.4 is 10.9 Å². The Labute approximate surface area is 134 Å². The molecule has 1 aliphatic rings. The Kier molecular flexibility index (Phi) is 5.81. The van der Waals surface area contributed by atoms with Crippen molar-refractivity contribution in [1.29, 1.82) is 0 Å². The predicted molar refractivity (Wildman–Crippen MR) is 87.7 cm³/mol. The lowest BCUT2D eigenvalue weighted by Gasteiger charge is -2.26. The van der Waals surface area contributed by atoms with Gasteiger partial charge in [0.2, 0.25) is 0 Å². The predicted octanol–water partition coefficient (Wildman–Crippen LogP) is 2.89. The fourth-order valence-electron chi connectivity index (χ4n) is 2.41. The number of nitrogens with one attached hydrogen (secondary N) is 1. The summed E-state index contributed by atoms with van der Waals surface area (Å²) in [4.78, 5) is 12.6. The zero-order valence-corrected chi connectivity index (χ0v) is 14.5. The quantitative estimate of drug-likeness (QED) is 0.814. The second kappa shape index (κ2) is 7.40. The van der Waals surface area contributed by atoms with Crippen LogP contribution in [0.3, 0.4) is 0 Å². The number of ether oxygens (including phenoxy) is 1. The van der Waals surface area contributed by atoms with E-state index < -0.39 is 0 Å². The summed E-state index contributed by atoms with van der Waals surface area (Å²) in [5.74, 6) is 0.966. The van der Waals surface area contributed by atoms with Crippen molar-refractivity contribution in [3.05, 3.63) is 21.0 Å². The molecule has 0 saturated heterocycles. The van der Waals surface area contributed by atoms with Crippen molar-refractivity contribution in [3.8, 4) is 0 Å². The number of methoxy groups -OCH3 is 1. The third-order valence-electron chi connectivity index (χ3n) is 4.13. The number of rotatable bonds is 7. The van der Waals surface area contributed by atoms with Crippen molar-refractivity contribution in [3.63, 3.8) is 0 Å². The van der Waals surface area contributed by atoms with Gasteiger partial charge in [0.05, 0.1) is 23.3 Å². The van der Waals surface area contributed by atoms with Crippen molar-refractivity contribution < 1.29 is 4.74 Å². The zero-order chi connectivity index (χ0) is 15.4. The van der Waals surface area contributed by atoms with Crippen LogP contribution in [0.2, 0.25) is 0 Å². The Morgan fingerprint density at radius 1 is 1.52 bits per heavy atom. The summed E-state index contributed by atoms with van der Waals surface area (Å²) >= 11 is 3.43. The second-order valence-electron chi connectivity index (χ2n) is 6.10. The molecule has 1 N–H and O–H groups in total. The van der Waals surface area contributed by atoms with E-state index in [0.29, 0.717) is 28.6 Å². The summed E-state index contributed by atoms with van der Waals surface area (Å²) in [6, 6.07) is 0.0959. The standard InChI is InChI=1S/C15H24BrN3O2/c1-10(2)13(9-21-3)18-14-12(16)7-17-19(15(14)20)8-11-5-4-6-11/h7,10-11,13,18H,4-6,8-9H2,1-3H3. The molecule has 1 aromatic heterocycles. The van der Waals surface area contributed by atoms with E-state index in [1.165, 1.54) is 19.3 Å². The Balaban J connectivity index is 2.20. The highest BCUT2D eigenvalue weighted by molar-refractivity contribution is 9.10. The third-order valence-corrected chi connectivity index (χ3v) is 4.74. The molecule has 1 aromatic rings. The van der Waals surface area contributed by atoms with Crippen LogP contribution in [0.5, 0.6) is 0 Å². The Bertz CT molecular complexity index is 526. The van der Waals surface area contributed by atoms with Gasteiger partial charge in [-0.15, -0.1) is 0 Å². The number of aromatic nitrogens is 2. The molecule has 0 aliphatic heterocycles. The molecule has 5 nitrogen and oxygen atoms in total. The molecule has 6 heteroatoms. The maximum Gasteiger partial charge on any atom is 0.291 e. The van der Waals surface area contributed by atoms with Gasteiger partial charge in [0, 0.05) is 13.7 Å². The summed E-state index contributed by atoms with van der Waals surface area (Å²) in [6.45, 7) is 5.50. The first-order valence-corrected chi connectivity index (χ1v) is 8.33. The fourth-order valence-corrected chi connectivity index (χ4v) is 2.79. The van der Waals surface area contributed by atoms with Gasteiger partial charge < -0.3 is 10.1 Å². The molecule has 118 valence electrons. The van der Waals surface area contributed by atoms with Gasteiger partial charge in [-0.3, -0.25) is 4.79 Å². The minimum atomic E-state index is -0.0574. The Morgan fingerprint density at radius 3 is 2.76 bits per heavy atom. The molecule has 2 rings (SSSR count). The van der Waals surface area contributed by atoms with Crippen molar-refractivity contribution >= 4 is 21.6 Å². The van der Waals surface area contributed by atoms with Gasteiger partial charge in [-0.25, -0.2) is 4.68 Å². The average molecular weight is 358 g/mol. The lowest BCUT2D eigenvalue weighted by atomic mass is 9.85. The van der Waals surface area contributed by atoms with Crippen LogP contribution in [-0.4, -0.2) is 29.5 Å². The number of anilines is 1. The summed E-state index contributed by atoms with van der Waals surface area (Å²) in [6.07, 6.45) is 5.37. The molecule has 21 heavy (non-hydrogen) atoms. The lowest BCUT2D eigenvalue weighted by molar-refractivity contribution is 0.171. The summed E-state index contributed by atoms with van der Waals surface area (Å²) in [7, 11) is 1.67. The molecule has 1 aliphatic carbocycles. The van der Waals surface area contributed by atoms with Gasteiger partial charge in [0.1, 0.15) is 5.69 Å². The van der Waals surface area contributed by atoms with Crippen molar-refractivity contribution in [2.45, 2.75) is 45.7 Å². The molecule has 0 spiro atoms. The van der Waals surface area contributed by atoms with Crippen molar-refractivity contribution in [2.75, 3.05) is 19.0 Å². The van der Waals surface area contributed by atoms with Crippen molar-refractivity contribution in [2.24, 2.45) is 11.8 Å². The molecule has 1 fully saturated rings. The number of nitrogens with zero attached hydrogens (tertiary/aromatic N) is 2. The van der Waals surface area contributed by atoms with E-state index in [4.69, 9.17) is 4.74 Å². The SMILES string of the molecule is COCC(Nc1c(Br)cnn(CC2CCC2)c1=O)C(C)C. The number of hydrogen-bond acceptors (Lipinski definition) is 4. The second-order valence-corrected chi connectivity index (χ2v) is 6.96. The van der Waals surface area contributed by atoms with E-state index in [2.05, 4.69) is 40.2 Å². The largest absolute Gasteiger partial charge is 0.383 e. The van der Waals surface area contributed by atoms with E-state index in [0.717, 1.165) is 6.54 Å². The minimum absolute atomic E-state index is 0.0574. The van der Waals surface area contributed by atoms with Crippen LogP contribution >= 0.6 is 15.9 Å². The van der Waals surface area contributed by atoms with E-state index in [1.54, 1.807) is 18.0 Å². The highest BCUT2D eigenvalue weighted by Gasteiger charge is 2.21. The van der Waals surface area contributed by atoms with Crippen LogP contribution in [-0.2, 0) is 11.3 Å². The van der Waals surface area contributed by atoms with Crippen LogP contribution in [0.25, 0.3) is 0 Å². The summed E-state index contributed by atoms with van der Waals surface area (Å²) in [5, 5.41) is 7.56. The molecule has 1 unspecified atom stereocenters. The number of hydrogen-bond donors (Lipinski definition) is 1. The molecular formula is C15H24BrN3O2. The van der Waals surface area contributed by atoms with Crippen LogP contribution in [0.1, 0.15) is 33.1 Å². The van der Waals surface area contributed by atoms with E-state index in [-0.39, 0.29) is 11.6 Å². The molecule has 1 atom stereocenters. The van der Waals surface area contributed by atoms with Gasteiger partial charge in [0.25, 0.3) is 5.56 Å². The highest BCUT2D eigenvalue weighted by Crippen LogP contribution is 2.27. The van der Waals surface area contributed by atoms with Gasteiger partial charge in [0.15, 0.2) is 0 Å². The maximum atomic E-state index is 12.6. The molecule has 0 bridgehead atoms. The Morgan fingerprint density at radius 2 is 2.24 bits per heavy atom. The van der Waals surface area contributed by atoms with Gasteiger partial charge in [-0.1, -0.05) is 20.3 Å². The number of halogens is 1. The van der Waals surface area contributed by atoms with Crippen LogP contribution in [0.4, 0.5) is 5.69 Å². The van der Waals surface area contributed by atoms with Gasteiger partial charge >= 0.3 is 0 Å². The summed E-state index contributed by atoms with van der Waals surface area (Å²) < 4.78 is 7.53. The fraction of sp³-hybridized carbons (Fsp3) is 0.733. The third kappa shape index (κ3) is 4.07. The normalized spacial score (nSPS) is 16.8. The van der Waals surface area contributed by atoms with Crippen LogP contribution in [0, 0.1) is 11.8 Å². The van der Waals surface area contributed by atoms with Gasteiger partial charge in [-0.2, -0.15) is 5.10 Å². The molecule has 0 aromatic carbocycles. The lowest BCUT2D eigenvalue weighted by Crippen LogP contribution is -2.36. The first-order chi connectivity index (χ1) is 10.0. The highest BCUT2D eigenvalue weighted by atomic mass is 79.9.